The fourth-order valence-electron chi connectivity index (χ4n) is 1.08. The van der Waals surface area contributed by atoms with E-state index in [0.717, 1.165) is 0 Å². The average Bonchev–Trinajstić information content (AvgIpc) is 2.25. The summed E-state index contributed by atoms with van der Waals surface area (Å²) in [7, 11) is 1.33. The van der Waals surface area contributed by atoms with Gasteiger partial charge in [-0.2, -0.15) is 0 Å². The zero-order valence-corrected chi connectivity index (χ0v) is 7.93. The zero-order valence-electron chi connectivity index (χ0n) is 7.93. The van der Waals surface area contributed by atoms with E-state index in [1.807, 2.05) is 0 Å². The monoisotopic (exact) mass is 210 g/mol. The molecule has 0 fully saturated rings. The number of methoxy groups -OCH3 is 1. The van der Waals surface area contributed by atoms with E-state index in [4.69, 9.17) is 4.74 Å². The first-order valence-corrected chi connectivity index (χ1v) is 3.99. The van der Waals surface area contributed by atoms with Crippen LogP contribution in [0.4, 0.5) is 5.69 Å². The van der Waals surface area contributed by atoms with Crippen LogP contribution >= 0.6 is 0 Å². The quantitative estimate of drug-likeness (QED) is 0.538. The van der Waals surface area contributed by atoms with Gasteiger partial charge < -0.3 is 9.47 Å². The minimum Gasteiger partial charge on any atom is -0.490 e. The van der Waals surface area contributed by atoms with Gasteiger partial charge in [0, 0.05) is 6.07 Å². The van der Waals surface area contributed by atoms with Crippen LogP contribution in [0.15, 0.2) is 18.2 Å². The molecule has 0 N–H and O–H groups in total. The molecule has 0 atom stereocenters. The molecule has 79 valence electrons. The molecule has 15 heavy (non-hydrogen) atoms. The topological polar surface area (TPSA) is 78.7 Å². The van der Waals surface area contributed by atoms with Crippen LogP contribution in [0.5, 0.6) is 5.75 Å². The van der Waals surface area contributed by atoms with Gasteiger partial charge in [0.05, 0.1) is 12.0 Å². The van der Waals surface area contributed by atoms with Crippen LogP contribution in [-0.4, -0.2) is 18.5 Å². The first-order chi connectivity index (χ1) is 7.19. The fourth-order valence-corrected chi connectivity index (χ4v) is 1.08. The van der Waals surface area contributed by atoms with Gasteiger partial charge in [0.25, 0.3) is 0 Å². The number of nitro groups is 1. The van der Waals surface area contributed by atoms with Crippen molar-refractivity contribution in [3.05, 3.63) is 33.9 Å². The summed E-state index contributed by atoms with van der Waals surface area (Å²) in [6.07, 6.45) is 0. The Hall–Kier alpha value is -2.11. The molecule has 0 heterocycles. The summed E-state index contributed by atoms with van der Waals surface area (Å²) in [5.74, 6) is 0.131. The van der Waals surface area contributed by atoms with Gasteiger partial charge in [-0.25, -0.2) is 4.79 Å². The van der Waals surface area contributed by atoms with Gasteiger partial charge in [-0.15, -0.1) is 0 Å². The molecule has 1 radical (unpaired) electrons. The van der Waals surface area contributed by atoms with Crippen molar-refractivity contribution in [2.24, 2.45) is 0 Å². The summed E-state index contributed by atoms with van der Waals surface area (Å²) in [6, 6.07) is 4.22. The SMILES string of the molecule is COc1cc(CO[C]=O)ccc1[N+](=O)[O-]. The summed E-state index contributed by atoms with van der Waals surface area (Å²) in [6.45, 7) is 1.28. The predicted molar refractivity (Wildman–Crippen MR) is 50.1 cm³/mol. The highest BCUT2D eigenvalue weighted by Crippen LogP contribution is 2.27. The minimum absolute atomic E-state index is 0.0118. The molecule has 1 aromatic carbocycles. The van der Waals surface area contributed by atoms with Crippen molar-refractivity contribution in [1.82, 2.24) is 0 Å². The smallest absolute Gasteiger partial charge is 0.417 e. The van der Waals surface area contributed by atoms with Crippen molar-refractivity contribution >= 4 is 12.2 Å². The van der Waals surface area contributed by atoms with Crippen LogP contribution in [0.25, 0.3) is 0 Å². The van der Waals surface area contributed by atoms with E-state index in [1.165, 1.54) is 31.8 Å². The van der Waals surface area contributed by atoms with E-state index in [9.17, 15) is 14.9 Å². The second-order valence-corrected chi connectivity index (χ2v) is 2.64. The molecular weight excluding hydrogens is 202 g/mol. The minimum atomic E-state index is -0.546. The number of hydrogen-bond donors (Lipinski definition) is 0. The van der Waals surface area contributed by atoms with E-state index < -0.39 is 4.92 Å². The molecular formula is C9H8NO5. The number of nitro benzene ring substituents is 1. The third kappa shape index (κ3) is 2.67. The summed E-state index contributed by atoms with van der Waals surface area (Å²) in [5, 5.41) is 10.5. The van der Waals surface area contributed by atoms with Gasteiger partial charge in [-0.1, -0.05) is 0 Å². The molecule has 6 heteroatoms. The van der Waals surface area contributed by atoms with Gasteiger partial charge >= 0.3 is 12.2 Å². The van der Waals surface area contributed by atoms with Crippen LogP contribution in [0, 0.1) is 10.1 Å². The highest BCUT2D eigenvalue weighted by molar-refractivity contribution is 5.48. The first-order valence-electron chi connectivity index (χ1n) is 3.99. The van der Waals surface area contributed by atoms with Crippen LogP contribution in [-0.2, 0) is 16.1 Å². The van der Waals surface area contributed by atoms with Gasteiger partial charge in [-0.3, -0.25) is 10.1 Å². The van der Waals surface area contributed by atoms with Gasteiger partial charge in [0.2, 0.25) is 0 Å². The Morgan fingerprint density at radius 1 is 1.53 bits per heavy atom. The second-order valence-electron chi connectivity index (χ2n) is 2.64. The molecule has 0 saturated carbocycles. The van der Waals surface area contributed by atoms with Crippen molar-refractivity contribution < 1.29 is 19.2 Å². The molecule has 0 amide bonds. The molecule has 0 spiro atoms. The number of rotatable bonds is 5. The maximum atomic E-state index is 10.5. The normalized spacial score (nSPS) is 9.40. The molecule has 0 aliphatic rings. The third-order valence-electron chi connectivity index (χ3n) is 1.74. The largest absolute Gasteiger partial charge is 0.490 e. The molecule has 6 nitrogen and oxygen atoms in total. The molecule has 0 bridgehead atoms. The van der Waals surface area contributed by atoms with Crippen LogP contribution < -0.4 is 4.74 Å². The number of nitrogens with zero attached hydrogens (tertiary/aromatic N) is 1. The molecule has 0 aliphatic carbocycles. The summed E-state index contributed by atoms with van der Waals surface area (Å²) >= 11 is 0. The lowest BCUT2D eigenvalue weighted by Crippen LogP contribution is -1.96. The van der Waals surface area contributed by atoms with Crippen molar-refractivity contribution in [2.45, 2.75) is 6.61 Å². The van der Waals surface area contributed by atoms with Crippen molar-refractivity contribution in [2.75, 3.05) is 7.11 Å². The Balaban J connectivity index is 2.96. The van der Waals surface area contributed by atoms with E-state index in [1.54, 1.807) is 0 Å². The molecule has 0 aliphatic heterocycles. The highest BCUT2D eigenvalue weighted by atomic mass is 16.6. The highest BCUT2D eigenvalue weighted by Gasteiger charge is 2.14. The number of ether oxygens (including phenoxy) is 2. The van der Waals surface area contributed by atoms with Crippen molar-refractivity contribution in [1.29, 1.82) is 0 Å². The standard InChI is InChI=1S/C9H8NO5/c1-14-9-4-7(5-15-6-11)2-3-8(9)10(12)13/h2-4H,5H2,1H3. The van der Waals surface area contributed by atoms with Gasteiger partial charge in [0.1, 0.15) is 6.61 Å². The molecule has 1 rings (SSSR count). The summed E-state index contributed by atoms with van der Waals surface area (Å²) in [4.78, 5) is 19.8. The third-order valence-corrected chi connectivity index (χ3v) is 1.74. The van der Waals surface area contributed by atoms with Crippen LogP contribution in [0.1, 0.15) is 5.56 Å². The van der Waals surface area contributed by atoms with Crippen LogP contribution in [0.3, 0.4) is 0 Å². The Bertz CT molecular complexity index is 377. The molecule has 1 aromatic rings. The van der Waals surface area contributed by atoms with Crippen molar-refractivity contribution in [3.63, 3.8) is 0 Å². The lowest BCUT2D eigenvalue weighted by atomic mass is 10.2. The van der Waals surface area contributed by atoms with Gasteiger partial charge in [-0.05, 0) is 17.7 Å². The zero-order chi connectivity index (χ0) is 11.3. The summed E-state index contributed by atoms with van der Waals surface area (Å²) < 4.78 is 9.22. The lowest BCUT2D eigenvalue weighted by Gasteiger charge is -2.03. The molecule has 0 saturated heterocycles. The maximum absolute atomic E-state index is 10.5. The number of carbonyl (C=O) groups excluding carboxylic acids is 1. The average molecular weight is 210 g/mol. The lowest BCUT2D eigenvalue weighted by molar-refractivity contribution is -0.385. The Morgan fingerprint density at radius 2 is 2.27 bits per heavy atom. The Morgan fingerprint density at radius 3 is 2.80 bits per heavy atom. The summed E-state index contributed by atoms with van der Waals surface area (Å²) in [5.41, 5.74) is 0.470. The van der Waals surface area contributed by atoms with E-state index >= 15 is 0 Å². The Kier molecular flexibility index (Phi) is 3.61. The van der Waals surface area contributed by atoms with Crippen LogP contribution in [0.2, 0.25) is 0 Å². The Labute approximate surface area is 85.6 Å². The van der Waals surface area contributed by atoms with E-state index in [-0.39, 0.29) is 18.0 Å². The second kappa shape index (κ2) is 4.94. The van der Waals surface area contributed by atoms with E-state index in [0.29, 0.717) is 5.56 Å². The molecule has 0 unspecified atom stereocenters. The molecule has 0 aromatic heterocycles. The van der Waals surface area contributed by atoms with E-state index in [2.05, 4.69) is 4.74 Å². The predicted octanol–water partition coefficient (Wildman–Crippen LogP) is 1.19. The fraction of sp³-hybridized carbons (Fsp3) is 0.222. The maximum Gasteiger partial charge on any atom is 0.417 e. The number of benzene rings is 1. The van der Waals surface area contributed by atoms with Crippen molar-refractivity contribution in [3.8, 4) is 5.75 Å². The number of hydrogen-bond acceptors (Lipinski definition) is 5. The van der Waals surface area contributed by atoms with Gasteiger partial charge in [0.15, 0.2) is 5.75 Å². The first kappa shape index (κ1) is 11.0.